The van der Waals surface area contributed by atoms with Gasteiger partial charge in [-0.05, 0) is 68.3 Å². The Bertz CT molecular complexity index is 723. The van der Waals surface area contributed by atoms with E-state index < -0.39 is 5.97 Å². The van der Waals surface area contributed by atoms with Gasteiger partial charge < -0.3 is 9.84 Å². The highest BCUT2D eigenvalue weighted by atomic mass is 79.9. The topological polar surface area (TPSA) is 70.3 Å². The normalized spacial score (nSPS) is 9.85. The summed E-state index contributed by atoms with van der Waals surface area (Å²) in [5.74, 6) is -0.135. The molecule has 0 radical (unpaired) electrons. The summed E-state index contributed by atoms with van der Waals surface area (Å²) >= 11 is 6.57. The number of hydrogen-bond acceptors (Lipinski definition) is 3. The molecule has 0 saturated heterocycles. The van der Waals surface area contributed by atoms with E-state index in [1.165, 1.54) is 12.1 Å². The van der Waals surface area contributed by atoms with Gasteiger partial charge in [0.15, 0.2) is 0 Å². The third-order valence-corrected chi connectivity index (χ3v) is 3.78. The van der Waals surface area contributed by atoms with E-state index in [4.69, 9.17) is 15.1 Å². The molecule has 0 amide bonds. The summed E-state index contributed by atoms with van der Waals surface area (Å²) < 4.78 is 6.89. The SMILES string of the molecule is N#Cc1ccc(Oc2cc(C(=O)O)ccc2Br)cc1Br. The fraction of sp³-hybridized carbons (Fsp3) is 0. The van der Waals surface area contributed by atoms with Crippen LogP contribution in [-0.4, -0.2) is 11.1 Å². The van der Waals surface area contributed by atoms with Gasteiger partial charge in [-0.2, -0.15) is 5.26 Å². The molecule has 20 heavy (non-hydrogen) atoms. The number of aromatic carboxylic acids is 1. The van der Waals surface area contributed by atoms with Crippen LogP contribution in [0.5, 0.6) is 11.5 Å². The molecular formula is C14H7Br2NO3. The molecule has 2 aromatic carbocycles. The minimum Gasteiger partial charge on any atom is -0.478 e. The molecule has 0 heterocycles. The summed E-state index contributed by atoms with van der Waals surface area (Å²) in [4.78, 5) is 10.9. The van der Waals surface area contributed by atoms with Crippen molar-refractivity contribution in [3.63, 3.8) is 0 Å². The van der Waals surface area contributed by atoms with E-state index in [1.54, 1.807) is 24.3 Å². The van der Waals surface area contributed by atoms with E-state index in [2.05, 4.69) is 31.9 Å². The molecule has 0 spiro atoms. The van der Waals surface area contributed by atoms with Crippen LogP contribution in [0.1, 0.15) is 15.9 Å². The van der Waals surface area contributed by atoms with Gasteiger partial charge in [0.2, 0.25) is 0 Å². The third kappa shape index (κ3) is 3.18. The van der Waals surface area contributed by atoms with Crippen molar-refractivity contribution in [2.24, 2.45) is 0 Å². The van der Waals surface area contributed by atoms with Crippen molar-refractivity contribution in [3.8, 4) is 17.6 Å². The second kappa shape index (κ2) is 6.07. The van der Waals surface area contributed by atoms with Crippen LogP contribution in [0, 0.1) is 11.3 Å². The highest BCUT2D eigenvalue weighted by Gasteiger charge is 2.10. The first-order valence-electron chi connectivity index (χ1n) is 5.41. The monoisotopic (exact) mass is 395 g/mol. The van der Waals surface area contributed by atoms with Gasteiger partial charge in [-0.3, -0.25) is 0 Å². The van der Waals surface area contributed by atoms with Gasteiger partial charge in [0, 0.05) is 4.47 Å². The first-order valence-corrected chi connectivity index (χ1v) is 7.00. The molecule has 4 nitrogen and oxygen atoms in total. The lowest BCUT2D eigenvalue weighted by molar-refractivity contribution is 0.0696. The van der Waals surface area contributed by atoms with E-state index in [0.717, 1.165) is 0 Å². The Morgan fingerprint density at radius 1 is 1.15 bits per heavy atom. The molecule has 100 valence electrons. The van der Waals surface area contributed by atoms with Crippen molar-refractivity contribution in [1.29, 1.82) is 5.26 Å². The van der Waals surface area contributed by atoms with Crippen molar-refractivity contribution in [2.75, 3.05) is 0 Å². The van der Waals surface area contributed by atoms with E-state index in [-0.39, 0.29) is 5.56 Å². The Labute approximate surface area is 131 Å². The lowest BCUT2D eigenvalue weighted by Gasteiger charge is -2.09. The molecule has 1 N–H and O–H groups in total. The first-order chi connectivity index (χ1) is 9.51. The molecule has 0 aromatic heterocycles. The molecule has 0 atom stereocenters. The number of nitrogens with zero attached hydrogens (tertiary/aromatic N) is 1. The smallest absolute Gasteiger partial charge is 0.335 e. The molecule has 0 aliphatic heterocycles. The number of hydrogen-bond donors (Lipinski definition) is 1. The average molecular weight is 397 g/mol. The van der Waals surface area contributed by atoms with E-state index >= 15 is 0 Å². The van der Waals surface area contributed by atoms with Crippen LogP contribution < -0.4 is 4.74 Å². The summed E-state index contributed by atoms with van der Waals surface area (Å²) in [6, 6.07) is 11.5. The molecule has 2 aromatic rings. The second-order valence-electron chi connectivity index (χ2n) is 3.81. The number of carboxylic acid groups (broad SMARTS) is 1. The van der Waals surface area contributed by atoms with Gasteiger partial charge in [0.1, 0.15) is 17.6 Å². The van der Waals surface area contributed by atoms with Crippen LogP contribution in [0.3, 0.4) is 0 Å². The maximum atomic E-state index is 10.9. The summed E-state index contributed by atoms with van der Waals surface area (Å²) in [6.45, 7) is 0. The number of nitriles is 1. The largest absolute Gasteiger partial charge is 0.478 e. The molecule has 0 unspecified atom stereocenters. The quantitative estimate of drug-likeness (QED) is 0.824. The number of halogens is 2. The Hall–Kier alpha value is -1.84. The summed E-state index contributed by atoms with van der Waals surface area (Å²) in [5.41, 5.74) is 0.631. The van der Waals surface area contributed by atoms with Crippen molar-refractivity contribution >= 4 is 37.8 Å². The highest BCUT2D eigenvalue weighted by Crippen LogP contribution is 2.32. The molecule has 6 heteroatoms. The Morgan fingerprint density at radius 3 is 2.50 bits per heavy atom. The fourth-order valence-electron chi connectivity index (χ4n) is 1.49. The zero-order chi connectivity index (χ0) is 14.7. The lowest BCUT2D eigenvalue weighted by Crippen LogP contribution is -1.97. The lowest BCUT2D eigenvalue weighted by atomic mass is 10.2. The van der Waals surface area contributed by atoms with Crippen LogP contribution in [0.4, 0.5) is 0 Å². The Balaban J connectivity index is 2.35. The van der Waals surface area contributed by atoms with Gasteiger partial charge in [-0.15, -0.1) is 0 Å². The zero-order valence-corrected chi connectivity index (χ0v) is 13.1. The van der Waals surface area contributed by atoms with E-state index in [1.807, 2.05) is 6.07 Å². The van der Waals surface area contributed by atoms with Crippen molar-refractivity contribution < 1.29 is 14.6 Å². The maximum Gasteiger partial charge on any atom is 0.335 e. The number of benzene rings is 2. The average Bonchev–Trinajstić information content (AvgIpc) is 2.41. The summed E-state index contributed by atoms with van der Waals surface area (Å²) in [5, 5.41) is 17.8. The van der Waals surface area contributed by atoms with Crippen LogP contribution in [0.15, 0.2) is 45.3 Å². The standard InChI is InChI=1S/C14H7Br2NO3/c15-11-4-2-8(14(18)19)5-13(11)20-10-3-1-9(7-17)12(16)6-10/h1-6H,(H,18,19). The highest BCUT2D eigenvalue weighted by molar-refractivity contribution is 9.10. The van der Waals surface area contributed by atoms with E-state index in [0.29, 0.717) is 26.0 Å². The third-order valence-electron chi connectivity index (χ3n) is 2.47. The summed E-state index contributed by atoms with van der Waals surface area (Å²) in [6.07, 6.45) is 0. The zero-order valence-electron chi connectivity index (χ0n) is 9.93. The molecule has 0 aliphatic rings. The molecular weight excluding hydrogens is 390 g/mol. The predicted octanol–water partition coefficient (Wildman–Crippen LogP) is 4.57. The van der Waals surface area contributed by atoms with Crippen molar-refractivity contribution in [3.05, 3.63) is 56.5 Å². The van der Waals surface area contributed by atoms with Crippen molar-refractivity contribution in [1.82, 2.24) is 0 Å². The molecule has 2 rings (SSSR count). The molecule has 0 bridgehead atoms. The molecule has 0 fully saturated rings. The second-order valence-corrected chi connectivity index (χ2v) is 5.51. The van der Waals surface area contributed by atoms with Gasteiger partial charge >= 0.3 is 5.97 Å². The maximum absolute atomic E-state index is 10.9. The van der Waals surface area contributed by atoms with Gasteiger partial charge in [0.05, 0.1) is 15.6 Å². The summed E-state index contributed by atoms with van der Waals surface area (Å²) in [7, 11) is 0. The minimum absolute atomic E-state index is 0.135. The first kappa shape index (κ1) is 14.6. The van der Waals surface area contributed by atoms with E-state index in [9.17, 15) is 4.79 Å². The fourth-order valence-corrected chi connectivity index (χ4v) is 2.27. The van der Waals surface area contributed by atoms with Crippen LogP contribution in [0.2, 0.25) is 0 Å². The Morgan fingerprint density at radius 2 is 1.90 bits per heavy atom. The van der Waals surface area contributed by atoms with Crippen LogP contribution >= 0.6 is 31.9 Å². The molecule has 0 saturated carbocycles. The number of carboxylic acids is 1. The van der Waals surface area contributed by atoms with Gasteiger partial charge in [-0.1, -0.05) is 0 Å². The molecule has 0 aliphatic carbocycles. The van der Waals surface area contributed by atoms with Crippen LogP contribution in [-0.2, 0) is 0 Å². The van der Waals surface area contributed by atoms with Gasteiger partial charge in [-0.25, -0.2) is 4.79 Å². The number of carbonyl (C=O) groups is 1. The number of ether oxygens (including phenoxy) is 1. The van der Waals surface area contributed by atoms with Crippen LogP contribution in [0.25, 0.3) is 0 Å². The number of rotatable bonds is 3. The van der Waals surface area contributed by atoms with Crippen molar-refractivity contribution in [2.45, 2.75) is 0 Å². The Kier molecular flexibility index (Phi) is 4.42. The predicted molar refractivity (Wildman–Crippen MR) is 80.0 cm³/mol. The minimum atomic E-state index is -1.02. The van der Waals surface area contributed by atoms with Gasteiger partial charge in [0.25, 0.3) is 0 Å².